The molecule has 4 rings (SSSR count). The van der Waals surface area contributed by atoms with Crippen LogP contribution < -0.4 is 5.32 Å². The number of nitriles is 1. The normalized spacial score (nSPS) is 23.7. The van der Waals surface area contributed by atoms with E-state index in [0.717, 1.165) is 24.7 Å². The Morgan fingerprint density at radius 1 is 1.19 bits per heavy atom. The van der Waals surface area contributed by atoms with Crippen molar-refractivity contribution < 1.29 is 0 Å². The van der Waals surface area contributed by atoms with Crippen LogP contribution in [0.5, 0.6) is 0 Å². The van der Waals surface area contributed by atoms with Gasteiger partial charge in [0.05, 0.1) is 23.4 Å². The lowest BCUT2D eigenvalue weighted by molar-refractivity contribution is 0.0777. The molecule has 1 aromatic heterocycles. The van der Waals surface area contributed by atoms with E-state index in [1.54, 1.807) is 0 Å². The molecule has 1 N–H and O–H groups in total. The molecule has 2 aromatic rings. The summed E-state index contributed by atoms with van der Waals surface area (Å²) in [5, 5.41) is 17.0. The summed E-state index contributed by atoms with van der Waals surface area (Å²) < 4.78 is 2.05. The number of rotatable bonds is 6. The Labute approximate surface area is 155 Å². The minimum absolute atomic E-state index is 0.470. The number of piperidine rings is 1. The molecule has 1 aliphatic heterocycles. The van der Waals surface area contributed by atoms with Crippen LogP contribution in [0.4, 0.5) is 0 Å². The predicted molar refractivity (Wildman–Crippen MR) is 101 cm³/mol. The largest absolute Gasteiger partial charge is 0.312 e. The van der Waals surface area contributed by atoms with Crippen molar-refractivity contribution in [2.45, 2.75) is 44.3 Å². The fraction of sp³-hybridized carbons (Fsp3) is 0.524. The minimum atomic E-state index is 0.470. The molecule has 1 aromatic carbocycles. The molecule has 0 spiro atoms. The van der Waals surface area contributed by atoms with E-state index in [2.05, 4.69) is 39.2 Å². The van der Waals surface area contributed by atoms with Crippen LogP contribution in [0.1, 0.15) is 48.5 Å². The van der Waals surface area contributed by atoms with Gasteiger partial charge in [0.1, 0.15) is 0 Å². The van der Waals surface area contributed by atoms with Crippen molar-refractivity contribution in [3.8, 4) is 6.07 Å². The second kappa shape index (κ2) is 7.61. The predicted octanol–water partition coefficient (Wildman–Crippen LogP) is 3.00. The maximum absolute atomic E-state index is 8.91. The Bertz CT molecular complexity index is 768. The summed E-state index contributed by atoms with van der Waals surface area (Å²) in [6.07, 6.45) is 7.17. The summed E-state index contributed by atoms with van der Waals surface area (Å²) in [5.41, 5.74) is 3.30. The lowest BCUT2D eigenvalue weighted by Gasteiger charge is -2.42. The molecule has 136 valence electrons. The third-order valence-electron chi connectivity index (χ3n) is 5.79. The highest BCUT2D eigenvalue weighted by molar-refractivity contribution is 5.31. The van der Waals surface area contributed by atoms with Gasteiger partial charge in [-0.3, -0.25) is 9.58 Å². The Morgan fingerprint density at radius 2 is 2.00 bits per heavy atom. The van der Waals surface area contributed by atoms with Crippen molar-refractivity contribution in [2.24, 2.45) is 13.0 Å². The van der Waals surface area contributed by atoms with Crippen molar-refractivity contribution >= 4 is 0 Å². The average Bonchev–Trinajstić information content (AvgIpc) is 3.43. The van der Waals surface area contributed by atoms with Crippen LogP contribution in [0.15, 0.2) is 36.5 Å². The van der Waals surface area contributed by atoms with Gasteiger partial charge in [-0.15, -0.1) is 0 Å². The summed E-state index contributed by atoms with van der Waals surface area (Å²) in [5.74, 6) is 0.609. The van der Waals surface area contributed by atoms with Gasteiger partial charge in [0.15, 0.2) is 0 Å². The van der Waals surface area contributed by atoms with Crippen LogP contribution >= 0.6 is 0 Å². The molecule has 2 atom stereocenters. The first-order valence-corrected chi connectivity index (χ1v) is 9.69. The quantitative estimate of drug-likeness (QED) is 0.871. The van der Waals surface area contributed by atoms with Crippen LogP contribution in [0.25, 0.3) is 0 Å². The number of likely N-dealkylation sites (tertiary alicyclic amines) is 1. The molecule has 26 heavy (non-hydrogen) atoms. The number of hydrogen-bond acceptors (Lipinski definition) is 4. The molecule has 5 heteroatoms. The summed E-state index contributed by atoms with van der Waals surface area (Å²) in [6, 6.07) is 13.5. The van der Waals surface area contributed by atoms with E-state index in [0.29, 0.717) is 12.0 Å². The first-order chi connectivity index (χ1) is 12.8. The maximum Gasteiger partial charge on any atom is 0.0991 e. The van der Waals surface area contributed by atoms with Gasteiger partial charge in [0.2, 0.25) is 0 Å². The van der Waals surface area contributed by atoms with Crippen LogP contribution in [-0.4, -0.2) is 33.8 Å². The van der Waals surface area contributed by atoms with E-state index < -0.39 is 0 Å². The number of aromatic nitrogens is 2. The molecule has 2 heterocycles. The monoisotopic (exact) mass is 349 g/mol. The van der Waals surface area contributed by atoms with Crippen molar-refractivity contribution in [2.75, 3.05) is 13.1 Å². The first kappa shape index (κ1) is 17.3. The molecular formula is C21H27N5. The van der Waals surface area contributed by atoms with Crippen LogP contribution in [0.2, 0.25) is 0 Å². The molecule has 0 unspecified atom stereocenters. The van der Waals surface area contributed by atoms with E-state index in [9.17, 15) is 0 Å². The highest BCUT2D eigenvalue weighted by atomic mass is 15.3. The average molecular weight is 349 g/mol. The Balaban J connectivity index is 1.43. The Hall–Kier alpha value is -2.16. The lowest BCUT2D eigenvalue weighted by Crippen LogP contribution is -2.44. The van der Waals surface area contributed by atoms with E-state index in [4.69, 9.17) is 5.26 Å². The molecular weight excluding hydrogens is 322 g/mol. The molecule has 2 fully saturated rings. The molecule has 5 nitrogen and oxygen atoms in total. The van der Waals surface area contributed by atoms with Gasteiger partial charge >= 0.3 is 0 Å². The number of nitrogens with one attached hydrogen (secondary N) is 1. The zero-order valence-electron chi connectivity index (χ0n) is 15.4. The summed E-state index contributed by atoms with van der Waals surface area (Å²) in [4.78, 5) is 2.73. The molecule has 1 saturated heterocycles. The zero-order chi connectivity index (χ0) is 17.9. The fourth-order valence-electron chi connectivity index (χ4n) is 4.32. The zero-order valence-corrected chi connectivity index (χ0v) is 15.4. The maximum atomic E-state index is 8.91. The third kappa shape index (κ3) is 3.67. The Kier molecular flexibility index (Phi) is 5.05. The molecule has 2 aliphatic rings. The fourth-order valence-corrected chi connectivity index (χ4v) is 4.32. The minimum Gasteiger partial charge on any atom is -0.312 e. The molecule has 0 bridgehead atoms. The Morgan fingerprint density at radius 3 is 2.65 bits per heavy atom. The van der Waals surface area contributed by atoms with Crippen LogP contribution in [0.3, 0.4) is 0 Å². The molecule has 1 saturated carbocycles. The van der Waals surface area contributed by atoms with Crippen LogP contribution in [0, 0.1) is 17.2 Å². The topological polar surface area (TPSA) is 56.9 Å². The molecule has 0 amide bonds. The number of hydrogen-bond donors (Lipinski definition) is 1. The highest BCUT2D eigenvalue weighted by Crippen LogP contribution is 2.42. The highest BCUT2D eigenvalue weighted by Gasteiger charge is 2.41. The van der Waals surface area contributed by atoms with Crippen LogP contribution in [-0.2, 0) is 13.6 Å². The van der Waals surface area contributed by atoms with Gasteiger partial charge in [0.25, 0.3) is 0 Å². The van der Waals surface area contributed by atoms with Crippen molar-refractivity contribution in [1.82, 2.24) is 20.0 Å². The van der Waals surface area contributed by atoms with Gasteiger partial charge in [-0.25, -0.2) is 0 Å². The summed E-state index contributed by atoms with van der Waals surface area (Å²) >= 11 is 0. The van der Waals surface area contributed by atoms with Crippen molar-refractivity contribution in [1.29, 1.82) is 5.26 Å². The van der Waals surface area contributed by atoms with E-state index >= 15 is 0 Å². The third-order valence-corrected chi connectivity index (χ3v) is 5.79. The van der Waals surface area contributed by atoms with E-state index in [1.165, 1.54) is 43.5 Å². The lowest BCUT2D eigenvalue weighted by atomic mass is 9.86. The SMILES string of the molecule is Cn1nccc1[C@H]1[C@H](CNCc2ccc(C#N)cc2)CCCN1C1CC1. The van der Waals surface area contributed by atoms with Gasteiger partial charge in [0, 0.05) is 32.4 Å². The molecule has 1 aliphatic carbocycles. The van der Waals surface area contributed by atoms with Crippen molar-refractivity contribution in [3.63, 3.8) is 0 Å². The number of nitrogens with zero attached hydrogens (tertiary/aromatic N) is 4. The molecule has 0 radical (unpaired) electrons. The van der Waals surface area contributed by atoms with Gasteiger partial charge in [-0.05, 0) is 61.9 Å². The van der Waals surface area contributed by atoms with E-state index in [1.807, 2.05) is 30.5 Å². The van der Waals surface area contributed by atoms with Gasteiger partial charge in [-0.1, -0.05) is 12.1 Å². The number of benzene rings is 1. The first-order valence-electron chi connectivity index (χ1n) is 9.69. The smallest absolute Gasteiger partial charge is 0.0991 e. The van der Waals surface area contributed by atoms with Crippen molar-refractivity contribution in [3.05, 3.63) is 53.3 Å². The second-order valence-corrected chi connectivity index (χ2v) is 7.64. The van der Waals surface area contributed by atoms with E-state index in [-0.39, 0.29) is 0 Å². The van der Waals surface area contributed by atoms with Gasteiger partial charge in [-0.2, -0.15) is 10.4 Å². The van der Waals surface area contributed by atoms with Gasteiger partial charge < -0.3 is 5.32 Å². The standard InChI is InChI=1S/C21H27N5/c1-25-20(10-11-24-25)21-18(3-2-12-26(21)19-8-9-19)15-23-14-17-6-4-16(13-22)5-7-17/h4-7,10-11,18-19,21,23H,2-3,8-9,12,14-15H2,1H3/t18-,21+/m0/s1. The second-order valence-electron chi connectivity index (χ2n) is 7.64. The number of aryl methyl sites for hydroxylation is 1. The summed E-state index contributed by atoms with van der Waals surface area (Å²) in [6.45, 7) is 3.08. The summed E-state index contributed by atoms with van der Waals surface area (Å²) in [7, 11) is 2.07.